The molecule has 0 unspecified atom stereocenters. The van der Waals surface area contributed by atoms with E-state index >= 15 is 0 Å². The molecule has 0 saturated carbocycles. The van der Waals surface area contributed by atoms with Crippen LogP contribution in [0.25, 0.3) is 9.88 Å². The normalized spacial score (nSPS) is 11.0. The Balaban J connectivity index is 2.01. The first-order valence-corrected chi connectivity index (χ1v) is 8.76. The molecule has 2 aromatic rings. The maximum atomic E-state index is 12.4. The van der Waals surface area contributed by atoms with Crippen molar-refractivity contribution in [3.63, 3.8) is 0 Å². The molecule has 114 valence electrons. The molecular formula is C15H20N2O2S2. The molecule has 0 spiro atoms. The molecule has 0 fully saturated rings. The minimum atomic E-state index is 0.0708. The van der Waals surface area contributed by atoms with E-state index in [0.717, 1.165) is 15.6 Å². The largest absolute Gasteiger partial charge is 0.396 e. The van der Waals surface area contributed by atoms with E-state index in [9.17, 15) is 4.79 Å². The van der Waals surface area contributed by atoms with Crippen molar-refractivity contribution in [2.45, 2.75) is 32.7 Å². The van der Waals surface area contributed by atoms with E-state index in [0.29, 0.717) is 19.4 Å². The van der Waals surface area contributed by atoms with Crippen molar-refractivity contribution >= 4 is 28.6 Å². The number of amides is 1. The molecule has 0 atom stereocenters. The summed E-state index contributed by atoms with van der Waals surface area (Å²) in [6.07, 6.45) is 0.937. The number of carbonyl (C=O) groups is 1. The number of hydrogen-bond acceptors (Lipinski definition) is 5. The minimum Gasteiger partial charge on any atom is -0.396 e. The van der Waals surface area contributed by atoms with Crippen molar-refractivity contribution in [3.8, 4) is 9.88 Å². The zero-order chi connectivity index (χ0) is 15.2. The molecule has 0 aromatic carbocycles. The number of hydrogen-bond donors (Lipinski definition) is 1. The van der Waals surface area contributed by atoms with Crippen molar-refractivity contribution in [2.24, 2.45) is 0 Å². The molecular weight excluding hydrogens is 304 g/mol. The van der Waals surface area contributed by atoms with Crippen LogP contribution in [0.2, 0.25) is 0 Å². The lowest BCUT2D eigenvalue weighted by atomic mass is 10.2. The van der Waals surface area contributed by atoms with E-state index < -0.39 is 0 Å². The summed E-state index contributed by atoms with van der Waals surface area (Å²) in [5.41, 5.74) is 0.822. The summed E-state index contributed by atoms with van der Waals surface area (Å²) in [5, 5.41) is 13.9. The number of carbonyl (C=O) groups excluding carboxylic acids is 1. The first-order chi connectivity index (χ1) is 10.1. The Morgan fingerprint density at radius 1 is 1.43 bits per heavy atom. The van der Waals surface area contributed by atoms with Gasteiger partial charge in [0.25, 0.3) is 0 Å². The number of nitrogens with zero attached hydrogens (tertiary/aromatic N) is 2. The third-order valence-corrected chi connectivity index (χ3v) is 5.05. The predicted octanol–water partition coefficient (Wildman–Crippen LogP) is 3.03. The molecule has 0 bridgehead atoms. The van der Waals surface area contributed by atoms with Gasteiger partial charge in [-0.3, -0.25) is 4.79 Å². The fourth-order valence-corrected chi connectivity index (χ4v) is 3.70. The smallest absolute Gasteiger partial charge is 0.228 e. The van der Waals surface area contributed by atoms with Crippen molar-refractivity contribution < 1.29 is 9.90 Å². The summed E-state index contributed by atoms with van der Waals surface area (Å²) in [7, 11) is 0. The highest BCUT2D eigenvalue weighted by Crippen LogP contribution is 2.28. The van der Waals surface area contributed by atoms with Gasteiger partial charge in [0.15, 0.2) is 0 Å². The van der Waals surface area contributed by atoms with Crippen molar-refractivity contribution in [3.05, 3.63) is 28.6 Å². The molecule has 0 aliphatic rings. The van der Waals surface area contributed by atoms with E-state index in [1.165, 1.54) is 0 Å². The van der Waals surface area contributed by atoms with Crippen LogP contribution in [0.4, 0.5) is 0 Å². The Hall–Kier alpha value is -1.24. The minimum absolute atomic E-state index is 0.0708. The molecule has 2 aromatic heterocycles. The number of aliphatic hydroxyl groups is 1. The molecule has 0 saturated heterocycles. The molecule has 0 aliphatic heterocycles. The highest BCUT2D eigenvalue weighted by Gasteiger charge is 2.18. The maximum Gasteiger partial charge on any atom is 0.228 e. The van der Waals surface area contributed by atoms with Gasteiger partial charge in [0.1, 0.15) is 5.01 Å². The van der Waals surface area contributed by atoms with Gasteiger partial charge in [-0.25, -0.2) is 4.98 Å². The van der Waals surface area contributed by atoms with Gasteiger partial charge in [0.2, 0.25) is 5.91 Å². The third kappa shape index (κ3) is 4.36. The second kappa shape index (κ2) is 7.68. The lowest BCUT2D eigenvalue weighted by molar-refractivity contribution is -0.132. The van der Waals surface area contributed by atoms with Crippen LogP contribution < -0.4 is 0 Å². The molecule has 0 aliphatic carbocycles. The summed E-state index contributed by atoms with van der Waals surface area (Å²) in [5.74, 6) is 0.0708. The Kier molecular flexibility index (Phi) is 5.90. The van der Waals surface area contributed by atoms with Crippen LogP contribution in [-0.2, 0) is 11.2 Å². The Bertz CT molecular complexity index is 564. The van der Waals surface area contributed by atoms with Gasteiger partial charge in [0.05, 0.1) is 17.0 Å². The van der Waals surface area contributed by atoms with Crippen molar-refractivity contribution in [1.82, 2.24) is 9.88 Å². The molecule has 1 N–H and O–H groups in total. The number of aromatic nitrogens is 1. The van der Waals surface area contributed by atoms with Crippen LogP contribution in [0.5, 0.6) is 0 Å². The van der Waals surface area contributed by atoms with Gasteiger partial charge < -0.3 is 10.0 Å². The lowest BCUT2D eigenvalue weighted by Gasteiger charge is -2.26. The zero-order valence-electron chi connectivity index (χ0n) is 12.3. The summed E-state index contributed by atoms with van der Waals surface area (Å²) < 4.78 is 0. The highest BCUT2D eigenvalue weighted by atomic mass is 32.1. The lowest BCUT2D eigenvalue weighted by Crippen LogP contribution is -2.39. The van der Waals surface area contributed by atoms with Gasteiger partial charge in [-0.2, -0.15) is 0 Å². The van der Waals surface area contributed by atoms with Gasteiger partial charge >= 0.3 is 0 Å². The standard InChI is InChI=1S/C15H20N2O2S2/c1-11(2)17(6-4-7-18)14(19)9-12-10-21-15(16-12)13-5-3-8-20-13/h3,5,8,10-11,18H,4,6-7,9H2,1-2H3. The summed E-state index contributed by atoms with van der Waals surface area (Å²) in [4.78, 5) is 19.9. The van der Waals surface area contributed by atoms with Crippen LogP contribution in [0.3, 0.4) is 0 Å². The van der Waals surface area contributed by atoms with Crippen LogP contribution >= 0.6 is 22.7 Å². The zero-order valence-corrected chi connectivity index (χ0v) is 13.9. The van der Waals surface area contributed by atoms with Crippen molar-refractivity contribution in [1.29, 1.82) is 0 Å². The summed E-state index contributed by atoms with van der Waals surface area (Å²) >= 11 is 3.23. The van der Waals surface area contributed by atoms with Crippen LogP contribution in [0.15, 0.2) is 22.9 Å². The fraction of sp³-hybridized carbons (Fsp3) is 0.467. The second-order valence-corrected chi connectivity index (χ2v) is 6.86. The average Bonchev–Trinajstić information content (AvgIpc) is 3.08. The number of thiophene rings is 1. The average molecular weight is 324 g/mol. The van der Waals surface area contributed by atoms with Crippen LogP contribution in [0, 0.1) is 0 Å². The fourth-order valence-electron chi connectivity index (χ4n) is 2.07. The second-order valence-electron chi connectivity index (χ2n) is 5.06. The predicted molar refractivity (Wildman–Crippen MR) is 87.7 cm³/mol. The summed E-state index contributed by atoms with van der Waals surface area (Å²) in [6, 6.07) is 4.18. The SMILES string of the molecule is CC(C)N(CCCO)C(=O)Cc1csc(-c2cccs2)n1. The molecule has 2 heterocycles. The van der Waals surface area contributed by atoms with Gasteiger partial charge in [-0.15, -0.1) is 22.7 Å². The monoisotopic (exact) mass is 324 g/mol. The van der Waals surface area contributed by atoms with E-state index in [1.807, 2.05) is 36.7 Å². The molecule has 4 nitrogen and oxygen atoms in total. The Morgan fingerprint density at radius 3 is 2.86 bits per heavy atom. The first kappa shape index (κ1) is 16.1. The van der Waals surface area contributed by atoms with Gasteiger partial charge in [0, 0.05) is 24.6 Å². The van der Waals surface area contributed by atoms with Crippen molar-refractivity contribution in [2.75, 3.05) is 13.2 Å². The number of thiazole rings is 1. The molecule has 6 heteroatoms. The quantitative estimate of drug-likeness (QED) is 0.852. The van der Waals surface area contributed by atoms with E-state index in [2.05, 4.69) is 4.98 Å². The summed E-state index contributed by atoms with van der Waals surface area (Å²) in [6.45, 7) is 4.69. The van der Waals surface area contributed by atoms with Gasteiger partial charge in [-0.05, 0) is 31.7 Å². The Morgan fingerprint density at radius 2 is 2.24 bits per heavy atom. The molecule has 21 heavy (non-hydrogen) atoms. The molecule has 0 radical (unpaired) electrons. The van der Waals surface area contributed by atoms with E-state index in [-0.39, 0.29) is 18.6 Å². The van der Waals surface area contributed by atoms with Crippen LogP contribution in [0.1, 0.15) is 26.0 Å². The number of rotatable bonds is 7. The first-order valence-electron chi connectivity index (χ1n) is 7.00. The number of aliphatic hydroxyl groups excluding tert-OH is 1. The molecule has 2 rings (SSSR count). The maximum absolute atomic E-state index is 12.4. The molecule has 1 amide bonds. The highest BCUT2D eigenvalue weighted by molar-refractivity contribution is 7.20. The third-order valence-electron chi connectivity index (χ3n) is 3.12. The Labute approximate surface area is 133 Å². The van der Waals surface area contributed by atoms with Gasteiger partial charge in [-0.1, -0.05) is 6.07 Å². The van der Waals surface area contributed by atoms with E-state index in [1.54, 1.807) is 27.6 Å². The van der Waals surface area contributed by atoms with E-state index in [4.69, 9.17) is 5.11 Å². The topological polar surface area (TPSA) is 53.4 Å². The van der Waals surface area contributed by atoms with Crippen LogP contribution in [-0.4, -0.2) is 40.1 Å².